The zero-order valence-corrected chi connectivity index (χ0v) is 47.0. The van der Waals surface area contributed by atoms with Crippen molar-refractivity contribution in [2.45, 2.75) is 30.8 Å². The van der Waals surface area contributed by atoms with Crippen molar-refractivity contribution >= 4 is 139 Å². The van der Waals surface area contributed by atoms with E-state index in [1.54, 1.807) is 24.3 Å². The summed E-state index contributed by atoms with van der Waals surface area (Å²) >= 11 is 3.09. The fourth-order valence-corrected chi connectivity index (χ4v) is 12.9. The third-order valence-corrected chi connectivity index (χ3v) is 17.4. The summed E-state index contributed by atoms with van der Waals surface area (Å²) in [6.45, 7) is -0.454. The van der Waals surface area contributed by atoms with E-state index in [-0.39, 0.29) is 117 Å². The van der Waals surface area contributed by atoms with Gasteiger partial charge in [0.2, 0.25) is 16.0 Å². The average molecular weight is 1230 g/mol. The summed E-state index contributed by atoms with van der Waals surface area (Å²) in [4.78, 5) is 153. The number of carbonyl (C=O) groups excluding carboxylic acids is 12. The molecular formula is C62H36N2O18S4. The number of amides is 4. The maximum absolute atomic E-state index is 14.2. The van der Waals surface area contributed by atoms with Gasteiger partial charge in [0.05, 0.1) is 54.7 Å². The first-order valence-electron chi connectivity index (χ1n) is 25.7. The molecule has 20 nitrogen and oxygen atoms in total. The van der Waals surface area contributed by atoms with Crippen molar-refractivity contribution in [3.05, 3.63) is 202 Å². The number of esters is 4. The molecule has 5 aliphatic heterocycles. The minimum atomic E-state index is -1.76. The number of hydrogen-bond acceptors (Lipinski definition) is 22. The van der Waals surface area contributed by atoms with Crippen LogP contribution in [0.25, 0.3) is 24.3 Å². The van der Waals surface area contributed by atoms with Crippen LogP contribution in [0.5, 0.6) is 28.7 Å². The number of fused-ring (bicyclic) bond motifs is 5. The lowest BCUT2D eigenvalue weighted by Crippen LogP contribution is -2.44. The normalized spacial score (nSPS) is 20.5. The minimum absolute atomic E-state index is 0.00624. The molecule has 3 N–H and O–H groups in total. The van der Waals surface area contributed by atoms with Crippen LogP contribution in [0.2, 0.25) is 0 Å². The standard InChI is InChI=1S/C62H36N2O18S4/c65-40-25-49(67)83-45(40)19-29-1-9-33(10-2-29)56(71)79-42-18-17-38-51-39-24-44(81-58(73)35-11-3-30(4-12-35)20-46-41(66)26-50(68)84-46)43(80-57(72)34-13-5-31(6-14-34)21-47-54(69)63-60(75)85-47)23-37(39)27-62(51,77)28-78-52(38)53(42)82-59(74)36-15-7-32(8-16-36)22-48-55(70)64-61(76)86-48/h1-24,51,77H,25-28H2,(H,63,69,75)(H,64,70,76)/b45-19-,46-20-,47-21-,48-22-/t51-,62+/m0/s1. The van der Waals surface area contributed by atoms with Crippen LogP contribution < -0.4 is 34.3 Å². The number of thioether (sulfide) groups is 4. The molecule has 6 aromatic carbocycles. The van der Waals surface area contributed by atoms with Gasteiger partial charge in [-0.3, -0.25) is 49.0 Å². The van der Waals surface area contributed by atoms with Crippen LogP contribution >= 0.6 is 47.0 Å². The largest absolute Gasteiger partial charge is 0.486 e. The highest BCUT2D eigenvalue weighted by atomic mass is 32.2. The van der Waals surface area contributed by atoms with E-state index in [2.05, 4.69) is 10.6 Å². The predicted molar refractivity (Wildman–Crippen MR) is 313 cm³/mol. The lowest BCUT2D eigenvalue weighted by Gasteiger charge is -2.37. The molecule has 24 heteroatoms. The molecular weight excluding hydrogens is 1190 g/mol. The monoisotopic (exact) mass is 1220 g/mol. The summed E-state index contributed by atoms with van der Waals surface area (Å²) in [5.74, 6) is -7.82. The Labute approximate surface area is 501 Å². The van der Waals surface area contributed by atoms with Crippen molar-refractivity contribution in [1.29, 1.82) is 0 Å². The number of hydrogen-bond donors (Lipinski definition) is 3. The maximum atomic E-state index is 14.2. The van der Waals surface area contributed by atoms with E-state index in [4.69, 9.17) is 23.7 Å². The smallest absolute Gasteiger partial charge is 0.343 e. The van der Waals surface area contributed by atoms with Crippen LogP contribution in [-0.4, -0.2) is 85.3 Å². The molecule has 86 heavy (non-hydrogen) atoms. The quantitative estimate of drug-likeness (QED) is 0.0445. The van der Waals surface area contributed by atoms with Gasteiger partial charge >= 0.3 is 23.9 Å². The van der Waals surface area contributed by atoms with Crippen LogP contribution in [0.1, 0.15) is 99.1 Å². The molecule has 4 saturated heterocycles. The lowest BCUT2D eigenvalue weighted by molar-refractivity contribution is -0.120. The molecule has 0 radical (unpaired) electrons. The van der Waals surface area contributed by atoms with Gasteiger partial charge in [-0.15, -0.1) is 0 Å². The van der Waals surface area contributed by atoms with Gasteiger partial charge in [0.25, 0.3) is 22.3 Å². The number of benzene rings is 6. The summed E-state index contributed by atoms with van der Waals surface area (Å²) in [6.07, 6.45) is 5.43. The third kappa shape index (κ3) is 11.7. The molecule has 0 saturated carbocycles. The van der Waals surface area contributed by atoms with Crippen LogP contribution in [0, 0.1) is 0 Å². The zero-order chi connectivity index (χ0) is 60.1. The molecule has 0 unspecified atom stereocenters. The number of aliphatic hydroxyl groups is 1. The highest BCUT2D eigenvalue weighted by Crippen LogP contribution is 2.57. The number of ketones is 2. The van der Waals surface area contributed by atoms with Gasteiger partial charge < -0.3 is 28.8 Å². The number of imide groups is 2. The van der Waals surface area contributed by atoms with Gasteiger partial charge in [-0.1, -0.05) is 54.6 Å². The summed E-state index contributed by atoms with van der Waals surface area (Å²) in [6, 6.07) is 29.3. The van der Waals surface area contributed by atoms with Gasteiger partial charge in [0.1, 0.15) is 12.2 Å². The van der Waals surface area contributed by atoms with E-state index in [1.807, 2.05) is 0 Å². The maximum Gasteiger partial charge on any atom is 0.343 e. The average Bonchev–Trinajstić information content (AvgIpc) is 1.67. The number of rotatable bonds is 12. The number of allylic oxidation sites excluding steroid dienone is 2. The van der Waals surface area contributed by atoms with Gasteiger partial charge in [-0.2, -0.15) is 0 Å². The van der Waals surface area contributed by atoms with E-state index in [9.17, 15) is 62.6 Å². The molecule has 0 bridgehead atoms. The van der Waals surface area contributed by atoms with Gasteiger partial charge in [-0.25, -0.2) is 19.2 Å². The third-order valence-electron chi connectivity index (χ3n) is 13.9. The Morgan fingerprint density at radius 3 is 1.27 bits per heavy atom. The minimum Gasteiger partial charge on any atom is -0.486 e. The first kappa shape index (κ1) is 56.7. The van der Waals surface area contributed by atoms with E-state index in [0.29, 0.717) is 45.1 Å². The van der Waals surface area contributed by atoms with Gasteiger partial charge in [0, 0.05) is 17.9 Å². The van der Waals surface area contributed by atoms with Crippen LogP contribution in [0.3, 0.4) is 0 Å². The summed E-state index contributed by atoms with van der Waals surface area (Å²) in [7, 11) is 0. The van der Waals surface area contributed by atoms with E-state index < -0.39 is 64.3 Å². The van der Waals surface area contributed by atoms with E-state index >= 15 is 0 Å². The molecule has 6 aliphatic rings. The van der Waals surface area contributed by atoms with Gasteiger partial charge in [0.15, 0.2) is 34.6 Å². The molecule has 0 spiro atoms. The number of carbonyl (C=O) groups is 12. The van der Waals surface area contributed by atoms with Crippen LogP contribution in [-0.2, 0) is 35.2 Å². The van der Waals surface area contributed by atoms with Crippen molar-refractivity contribution in [3.8, 4) is 28.7 Å². The molecule has 4 fully saturated rings. The molecule has 12 rings (SSSR count). The summed E-state index contributed by atoms with van der Waals surface area (Å²) in [5, 5.41) is 15.3. The molecule has 0 aromatic heterocycles. The molecule has 1 aliphatic carbocycles. The Balaban J connectivity index is 0.888. The van der Waals surface area contributed by atoms with Crippen LogP contribution in [0.15, 0.2) is 141 Å². The second-order valence-corrected chi connectivity index (χ2v) is 24.0. The van der Waals surface area contributed by atoms with Crippen molar-refractivity contribution in [2.24, 2.45) is 0 Å². The Bertz CT molecular complexity index is 4220. The molecule has 426 valence electrons. The molecule has 4 amide bonds. The Morgan fingerprint density at radius 1 is 0.477 bits per heavy atom. The fraction of sp³-hybridized carbons (Fsp3) is 0.0968. The van der Waals surface area contributed by atoms with Crippen molar-refractivity contribution in [2.75, 3.05) is 6.61 Å². The SMILES string of the molecule is O=C1CC(=O)/C(=C/c2ccc(C(=O)Oc3cc4c(cc3OC(=O)c3ccc(/C=C5\SC(=O)NC5=O)cc3)C[C@@]3(O)COc5c(ccc(OC(=O)c6ccc(/C=C7\SC(=O)CC7=O)cc6)c5OC(=O)c5ccc(/C=C6\SC(=O)NC6=O)cc5)[C@@H]43)cc2)S1. The second kappa shape index (κ2) is 23.0. The Hall–Kier alpha value is -9.72. The summed E-state index contributed by atoms with van der Waals surface area (Å²) in [5.41, 5.74) is 1.34. The van der Waals surface area contributed by atoms with Crippen molar-refractivity contribution < 1.29 is 86.3 Å². The predicted octanol–water partition coefficient (Wildman–Crippen LogP) is 9.17. The van der Waals surface area contributed by atoms with E-state index in [1.165, 1.54) is 121 Å². The zero-order valence-electron chi connectivity index (χ0n) is 43.8. The first-order valence-corrected chi connectivity index (χ1v) is 28.9. The van der Waals surface area contributed by atoms with Crippen LogP contribution in [0.4, 0.5) is 9.59 Å². The van der Waals surface area contributed by atoms with Gasteiger partial charge in [-0.05, 0) is 171 Å². The van der Waals surface area contributed by atoms with Crippen molar-refractivity contribution in [3.63, 3.8) is 0 Å². The Morgan fingerprint density at radius 2 is 0.872 bits per heavy atom. The molecule has 6 aromatic rings. The second-order valence-electron chi connectivity index (χ2n) is 19.7. The Kier molecular flexibility index (Phi) is 15.2. The first-order chi connectivity index (χ1) is 41.3. The van der Waals surface area contributed by atoms with E-state index in [0.717, 1.165) is 35.3 Å². The fourth-order valence-electron chi connectivity index (χ4n) is 9.85. The lowest BCUT2D eigenvalue weighted by atomic mass is 9.80. The highest BCUT2D eigenvalue weighted by molar-refractivity contribution is 8.19. The molecule has 2 atom stereocenters. The summed E-state index contributed by atoms with van der Waals surface area (Å²) < 4.78 is 30.3. The number of nitrogens with one attached hydrogen (secondary N) is 2. The number of ether oxygens (including phenoxy) is 5. The highest BCUT2D eigenvalue weighted by Gasteiger charge is 2.52. The topological polar surface area (TPSA) is 295 Å². The number of Topliss-reactive ketones (excluding diaryl/α,β-unsaturated/α-hetero) is 2. The van der Waals surface area contributed by atoms with Crippen molar-refractivity contribution in [1.82, 2.24) is 10.6 Å². The molecule has 5 heterocycles.